The van der Waals surface area contributed by atoms with Crippen LogP contribution in [0.4, 0.5) is 0 Å². The molecule has 0 aliphatic rings. The molecule has 0 radical (unpaired) electrons. The zero-order valence-electron chi connectivity index (χ0n) is 10.5. The van der Waals surface area contributed by atoms with Crippen molar-refractivity contribution >= 4 is 26.6 Å². The van der Waals surface area contributed by atoms with Crippen molar-refractivity contribution in [2.24, 2.45) is 5.14 Å². The van der Waals surface area contributed by atoms with E-state index in [2.05, 4.69) is 0 Å². The Morgan fingerprint density at radius 3 is 2.37 bits per heavy atom. The van der Waals surface area contributed by atoms with Gasteiger partial charge in [-0.2, -0.15) is 0 Å². The van der Waals surface area contributed by atoms with Crippen LogP contribution >= 0.6 is 0 Å². The fraction of sp³-hybridized carbons (Fsp3) is 0.154. The minimum Gasteiger partial charge on any atom is -0.496 e. The summed E-state index contributed by atoms with van der Waals surface area (Å²) in [6, 6.07) is 7.78. The number of carbonyl (C=O) groups excluding carboxylic acids is 1. The van der Waals surface area contributed by atoms with Crippen LogP contribution in [0.3, 0.4) is 0 Å². The number of carbonyl (C=O) groups is 1. The number of rotatable bonds is 3. The Labute approximate surface area is 111 Å². The van der Waals surface area contributed by atoms with Crippen LogP contribution in [0.5, 0.6) is 5.75 Å². The summed E-state index contributed by atoms with van der Waals surface area (Å²) >= 11 is 0. The maximum absolute atomic E-state index is 11.5. The van der Waals surface area contributed by atoms with E-state index in [0.717, 1.165) is 5.39 Å². The van der Waals surface area contributed by atoms with Gasteiger partial charge in [-0.3, -0.25) is 4.79 Å². The van der Waals surface area contributed by atoms with Gasteiger partial charge in [0.05, 0.1) is 17.6 Å². The third kappa shape index (κ3) is 2.59. The fourth-order valence-electron chi connectivity index (χ4n) is 1.88. The molecular weight excluding hydrogens is 266 g/mol. The lowest BCUT2D eigenvalue weighted by molar-refractivity contribution is 0.101. The summed E-state index contributed by atoms with van der Waals surface area (Å²) < 4.78 is 27.8. The first-order valence-electron chi connectivity index (χ1n) is 5.48. The molecule has 100 valence electrons. The van der Waals surface area contributed by atoms with Crippen LogP contribution in [0.2, 0.25) is 0 Å². The summed E-state index contributed by atoms with van der Waals surface area (Å²) in [5.74, 6) is 0.308. The minimum absolute atomic E-state index is 0.0136. The zero-order chi connectivity index (χ0) is 14.2. The van der Waals surface area contributed by atoms with Crippen LogP contribution in [0, 0.1) is 0 Å². The lowest BCUT2D eigenvalue weighted by Gasteiger charge is -2.09. The molecule has 0 heterocycles. The van der Waals surface area contributed by atoms with Gasteiger partial charge in [-0.05, 0) is 42.0 Å². The van der Waals surface area contributed by atoms with E-state index in [1.165, 1.54) is 26.2 Å². The molecule has 0 atom stereocenters. The summed E-state index contributed by atoms with van der Waals surface area (Å²) in [6.45, 7) is 1.42. The molecule has 0 saturated carbocycles. The summed E-state index contributed by atoms with van der Waals surface area (Å²) in [5, 5.41) is 6.48. The summed E-state index contributed by atoms with van der Waals surface area (Å²) in [5.41, 5.74) is 0.404. The monoisotopic (exact) mass is 279 g/mol. The van der Waals surface area contributed by atoms with E-state index < -0.39 is 10.0 Å². The van der Waals surface area contributed by atoms with Crippen molar-refractivity contribution < 1.29 is 17.9 Å². The molecular formula is C13H13NO4S. The van der Waals surface area contributed by atoms with Gasteiger partial charge in [0.25, 0.3) is 0 Å². The molecule has 0 aliphatic heterocycles. The van der Waals surface area contributed by atoms with E-state index in [0.29, 0.717) is 16.7 Å². The molecule has 5 nitrogen and oxygen atoms in total. The topological polar surface area (TPSA) is 86.5 Å². The van der Waals surface area contributed by atoms with Gasteiger partial charge < -0.3 is 4.74 Å². The molecule has 0 spiro atoms. The number of ketones is 1. The van der Waals surface area contributed by atoms with E-state index in [1.807, 2.05) is 0 Å². The number of hydrogen-bond donors (Lipinski definition) is 1. The lowest BCUT2D eigenvalue weighted by Crippen LogP contribution is -2.11. The van der Waals surface area contributed by atoms with Crippen molar-refractivity contribution in [1.29, 1.82) is 0 Å². The molecule has 0 unspecified atom stereocenters. The second-order valence-corrected chi connectivity index (χ2v) is 5.72. The summed E-state index contributed by atoms with van der Waals surface area (Å²) in [7, 11) is -2.28. The highest BCUT2D eigenvalue weighted by molar-refractivity contribution is 7.89. The molecule has 2 aromatic rings. The smallest absolute Gasteiger partial charge is 0.238 e. The number of fused-ring (bicyclic) bond motifs is 1. The van der Waals surface area contributed by atoms with Crippen LogP contribution in [-0.4, -0.2) is 21.3 Å². The number of hydrogen-bond acceptors (Lipinski definition) is 4. The van der Waals surface area contributed by atoms with E-state index in [9.17, 15) is 13.2 Å². The second kappa shape index (κ2) is 4.64. The number of primary sulfonamides is 1. The molecule has 0 amide bonds. The lowest BCUT2D eigenvalue weighted by atomic mass is 10.0. The first-order chi connectivity index (χ1) is 8.82. The summed E-state index contributed by atoms with van der Waals surface area (Å²) in [4.78, 5) is 11.5. The predicted molar refractivity (Wildman–Crippen MR) is 71.9 cm³/mol. The molecule has 19 heavy (non-hydrogen) atoms. The summed E-state index contributed by atoms with van der Waals surface area (Å²) in [6.07, 6.45) is 0. The Morgan fingerprint density at radius 1 is 1.16 bits per heavy atom. The molecule has 0 fully saturated rings. The molecule has 0 saturated heterocycles. The number of benzene rings is 2. The largest absolute Gasteiger partial charge is 0.496 e. The third-order valence-corrected chi connectivity index (χ3v) is 3.75. The number of methoxy groups -OCH3 is 1. The van der Waals surface area contributed by atoms with Gasteiger partial charge in [-0.1, -0.05) is 6.07 Å². The molecule has 0 aromatic heterocycles. The first kappa shape index (κ1) is 13.5. The van der Waals surface area contributed by atoms with E-state index in [4.69, 9.17) is 9.88 Å². The van der Waals surface area contributed by atoms with Crippen LogP contribution in [-0.2, 0) is 10.0 Å². The van der Waals surface area contributed by atoms with Crippen molar-refractivity contribution in [2.45, 2.75) is 11.8 Å². The minimum atomic E-state index is -3.76. The molecule has 0 aliphatic carbocycles. The Hall–Kier alpha value is -1.92. The molecule has 2 rings (SSSR count). The van der Waals surface area contributed by atoms with Crippen LogP contribution in [0.25, 0.3) is 10.8 Å². The zero-order valence-corrected chi connectivity index (χ0v) is 11.3. The molecule has 2 N–H and O–H groups in total. The normalized spacial score (nSPS) is 11.5. The Bertz CT molecular complexity index is 766. The van der Waals surface area contributed by atoms with Gasteiger partial charge in [-0.25, -0.2) is 13.6 Å². The van der Waals surface area contributed by atoms with Gasteiger partial charge in [0, 0.05) is 0 Å². The average Bonchev–Trinajstić information content (AvgIpc) is 2.35. The van der Waals surface area contributed by atoms with Gasteiger partial charge >= 0.3 is 0 Å². The van der Waals surface area contributed by atoms with Crippen molar-refractivity contribution in [3.05, 3.63) is 35.9 Å². The quantitative estimate of drug-likeness (QED) is 0.866. The van der Waals surface area contributed by atoms with Gasteiger partial charge in [0.2, 0.25) is 10.0 Å². The van der Waals surface area contributed by atoms with E-state index in [1.54, 1.807) is 18.2 Å². The van der Waals surface area contributed by atoms with Crippen LogP contribution in [0.1, 0.15) is 17.3 Å². The Morgan fingerprint density at radius 2 is 1.84 bits per heavy atom. The van der Waals surface area contributed by atoms with Gasteiger partial charge in [0.1, 0.15) is 5.75 Å². The molecule has 6 heteroatoms. The van der Waals surface area contributed by atoms with E-state index >= 15 is 0 Å². The molecule has 0 bridgehead atoms. The van der Waals surface area contributed by atoms with Gasteiger partial charge in [-0.15, -0.1) is 0 Å². The highest BCUT2D eigenvalue weighted by Crippen LogP contribution is 2.27. The standard InChI is InChI=1S/C13H13NO4S/c1-8(15)12-6-10-5-11(19(14,16)17)4-3-9(10)7-13(12)18-2/h3-7H,1-2H3,(H2,14,16,17). The Balaban J connectivity index is 2.76. The number of sulfonamides is 1. The van der Waals surface area contributed by atoms with Crippen LogP contribution in [0.15, 0.2) is 35.2 Å². The highest BCUT2D eigenvalue weighted by atomic mass is 32.2. The van der Waals surface area contributed by atoms with E-state index in [-0.39, 0.29) is 10.7 Å². The van der Waals surface area contributed by atoms with Crippen molar-refractivity contribution in [1.82, 2.24) is 0 Å². The first-order valence-corrected chi connectivity index (χ1v) is 7.03. The maximum Gasteiger partial charge on any atom is 0.238 e. The maximum atomic E-state index is 11.5. The highest BCUT2D eigenvalue weighted by Gasteiger charge is 2.12. The number of nitrogens with two attached hydrogens (primary N) is 1. The van der Waals surface area contributed by atoms with Crippen LogP contribution < -0.4 is 9.88 Å². The predicted octanol–water partition coefficient (Wildman–Crippen LogP) is 1.70. The molecule has 2 aromatic carbocycles. The third-order valence-electron chi connectivity index (χ3n) is 2.84. The number of Topliss-reactive ketones (excluding diaryl/α,β-unsaturated/α-hetero) is 1. The SMILES string of the molecule is COc1cc2ccc(S(N)(=O)=O)cc2cc1C(C)=O. The van der Waals surface area contributed by atoms with Crippen molar-refractivity contribution in [3.63, 3.8) is 0 Å². The average molecular weight is 279 g/mol. The Kier molecular flexibility index (Phi) is 3.30. The van der Waals surface area contributed by atoms with Gasteiger partial charge in [0.15, 0.2) is 5.78 Å². The fourth-order valence-corrected chi connectivity index (χ4v) is 2.42. The van der Waals surface area contributed by atoms with Crippen molar-refractivity contribution in [3.8, 4) is 5.75 Å². The second-order valence-electron chi connectivity index (χ2n) is 4.16. The number of ether oxygens (including phenoxy) is 1. The van der Waals surface area contributed by atoms with Crippen molar-refractivity contribution in [2.75, 3.05) is 7.11 Å².